The quantitative estimate of drug-likeness (QED) is 0.544. The molecule has 2 bridgehead atoms. The van der Waals surface area contributed by atoms with Crippen molar-refractivity contribution in [2.45, 2.75) is 43.2 Å². The summed E-state index contributed by atoms with van der Waals surface area (Å²) in [4.78, 5) is 18.3. The largest absolute Gasteiger partial charge is 0.458 e. The van der Waals surface area contributed by atoms with Crippen LogP contribution in [0.25, 0.3) is 0 Å². The lowest BCUT2D eigenvalue weighted by molar-refractivity contribution is -0.304. The van der Waals surface area contributed by atoms with Gasteiger partial charge in [-0.2, -0.15) is 0 Å². The maximum atomic E-state index is 13.7. The molecule has 4 saturated heterocycles. The number of aliphatic hydroxyl groups is 1. The highest BCUT2D eigenvalue weighted by atomic mass is 16.6. The van der Waals surface area contributed by atoms with Crippen molar-refractivity contribution in [3.05, 3.63) is 41.5 Å². The monoisotopic (exact) mass is 382 g/mol. The molecule has 148 valence electrons. The van der Waals surface area contributed by atoms with Gasteiger partial charge < -0.3 is 19.5 Å². The Balaban J connectivity index is 1.76. The van der Waals surface area contributed by atoms with Crippen LogP contribution in [0, 0.1) is 11.3 Å². The standard InChI is InChI=1S/C22H26N2O4/c1-4-13-12-27-18(25)21-15(13)11-17(28-19(21)26)22-20(21,9-10-23(22)2)14-7-5-6-8-16(14)24(22)3/h4-8,15,17-18,25H,9-12H2,1-3H3/b13-4-/t15-,17-,18+,20-,21+,22+/m1/s1. The first-order chi connectivity index (χ1) is 13.5. The van der Waals surface area contributed by atoms with Crippen LogP contribution in [-0.4, -0.2) is 61.3 Å². The first-order valence-corrected chi connectivity index (χ1v) is 10.2. The molecular formula is C22H26N2O4. The molecule has 0 amide bonds. The van der Waals surface area contributed by atoms with Crippen molar-refractivity contribution in [1.82, 2.24) is 4.90 Å². The number of anilines is 1. The number of allylic oxidation sites excluding steroid dienone is 1. The predicted octanol–water partition coefficient (Wildman–Crippen LogP) is 1.63. The summed E-state index contributed by atoms with van der Waals surface area (Å²) in [5, 5.41) is 11.4. The molecule has 0 aromatic heterocycles. The first kappa shape index (κ1) is 17.0. The second-order valence-corrected chi connectivity index (χ2v) is 8.96. The predicted molar refractivity (Wildman–Crippen MR) is 103 cm³/mol. The third-order valence-electron chi connectivity index (χ3n) is 8.63. The molecule has 1 aromatic carbocycles. The van der Waals surface area contributed by atoms with Gasteiger partial charge >= 0.3 is 5.97 Å². The molecule has 6 heteroatoms. The summed E-state index contributed by atoms with van der Waals surface area (Å²) in [5.74, 6) is -0.358. The second-order valence-electron chi connectivity index (χ2n) is 8.96. The molecule has 1 spiro atoms. The Hall–Kier alpha value is -1.89. The highest BCUT2D eigenvalue weighted by molar-refractivity contribution is 5.89. The van der Waals surface area contributed by atoms with E-state index in [-0.39, 0.29) is 18.0 Å². The van der Waals surface area contributed by atoms with Crippen LogP contribution in [0.4, 0.5) is 5.69 Å². The highest BCUT2D eigenvalue weighted by Gasteiger charge is 2.88. The summed E-state index contributed by atoms with van der Waals surface area (Å²) < 4.78 is 12.0. The van der Waals surface area contributed by atoms with Crippen LogP contribution in [-0.2, 0) is 19.7 Å². The van der Waals surface area contributed by atoms with Crippen molar-refractivity contribution in [2.24, 2.45) is 11.3 Å². The zero-order valence-corrected chi connectivity index (χ0v) is 16.5. The average Bonchev–Trinajstić information content (AvgIpc) is 3.16. The van der Waals surface area contributed by atoms with Crippen molar-refractivity contribution in [1.29, 1.82) is 0 Å². The van der Waals surface area contributed by atoms with Gasteiger partial charge in [0.05, 0.1) is 12.0 Å². The minimum absolute atomic E-state index is 0.0633. The highest BCUT2D eigenvalue weighted by Crippen LogP contribution is 2.76. The van der Waals surface area contributed by atoms with Gasteiger partial charge in [0.2, 0.25) is 0 Å². The number of likely N-dealkylation sites (N-methyl/N-ethyl adjacent to an activating group) is 2. The van der Waals surface area contributed by atoms with E-state index < -0.39 is 22.8 Å². The van der Waals surface area contributed by atoms with Crippen LogP contribution in [0.3, 0.4) is 0 Å². The molecular weight excluding hydrogens is 356 g/mol. The van der Waals surface area contributed by atoms with Crippen LogP contribution in [0.2, 0.25) is 0 Å². The van der Waals surface area contributed by atoms with Gasteiger partial charge in [0.15, 0.2) is 6.29 Å². The molecule has 6 nitrogen and oxygen atoms in total. The van der Waals surface area contributed by atoms with E-state index in [2.05, 4.69) is 42.1 Å². The lowest BCUT2D eigenvalue weighted by Crippen LogP contribution is -2.85. The number of hydrogen-bond acceptors (Lipinski definition) is 6. The zero-order valence-electron chi connectivity index (χ0n) is 16.5. The summed E-state index contributed by atoms with van der Waals surface area (Å²) >= 11 is 0. The van der Waals surface area contributed by atoms with Gasteiger partial charge in [0.1, 0.15) is 17.2 Å². The van der Waals surface area contributed by atoms with E-state index in [1.54, 1.807) is 0 Å². The number of esters is 1. The van der Waals surface area contributed by atoms with Gasteiger partial charge in [-0.15, -0.1) is 0 Å². The lowest BCUT2D eigenvalue weighted by atomic mass is 9.42. The smallest absolute Gasteiger partial charge is 0.319 e. The van der Waals surface area contributed by atoms with Gasteiger partial charge in [-0.3, -0.25) is 9.69 Å². The Labute approximate surface area is 164 Å². The summed E-state index contributed by atoms with van der Waals surface area (Å²) in [6.07, 6.45) is 2.14. The maximum Gasteiger partial charge on any atom is 0.319 e. The summed E-state index contributed by atoms with van der Waals surface area (Å²) in [6.45, 7) is 3.22. The van der Waals surface area contributed by atoms with Crippen LogP contribution in [0.15, 0.2) is 35.9 Å². The fraction of sp³-hybridized carbons (Fsp3) is 0.591. The van der Waals surface area contributed by atoms with Gasteiger partial charge in [-0.05, 0) is 44.0 Å². The topological polar surface area (TPSA) is 62.2 Å². The molecule has 0 unspecified atom stereocenters. The normalized spacial score (nSPS) is 47.6. The van der Waals surface area contributed by atoms with E-state index >= 15 is 0 Å². The number of para-hydroxylation sites is 1. The molecule has 28 heavy (non-hydrogen) atoms. The fourth-order valence-corrected chi connectivity index (χ4v) is 7.83. The SMILES string of the molecule is C/C=C1/CO[C@H](O)[C@]23C(=O)O[C@H](C[C@H]12)[C@@]12N(C)CC[C@@]31c1ccccc1N2C. The molecule has 6 aliphatic rings. The Morgan fingerprint density at radius 3 is 2.86 bits per heavy atom. The van der Waals surface area contributed by atoms with Crippen molar-refractivity contribution >= 4 is 11.7 Å². The van der Waals surface area contributed by atoms with E-state index in [0.717, 1.165) is 36.2 Å². The second kappa shape index (κ2) is 4.99. The Morgan fingerprint density at radius 1 is 1.29 bits per heavy atom. The molecule has 7 rings (SSSR count). The van der Waals surface area contributed by atoms with E-state index in [4.69, 9.17) is 9.47 Å². The summed E-state index contributed by atoms with van der Waals surface area (Å²) in [5.41, 5.74) is 1.17. The molecule has 1 N–H and O–H groups in total. The number of aliphatic hydroxyl groups excluding tert-OH is 1. The molecule has 0 radical (unpaired) electrons. The van der Waals surface area contributed by atoms with Crippen molar-refractivity contribution in [3.63, 3.8) is 0 Å². The van der Waals surface area contributed by atoms with E-state index in [1.165, 1.54) is 0 Å². The van der Waals surface area contributed by atoms with Crippen molar-refractivity contribution in [2.75, 3.05) is 32.1 Å². The first-order valence-electron chi connectivity index (χ1n) is 10.2. The number of rotatable bonds is 0. The third kappa shape index (κ3) is 1.34. The van der Waals surface area contributed by atoms with E-state index in [0.29, 0.717) is 6.61 Å². The molecule has 6 atom stereocenters. The summed E-state index contributed by atoms with van der Waals surface area (Å²) in [7, 11) is 4.23. The minimum atomic E-state index is -1.18. The van der Waals surface area contributed by atoms with E-state index in [9.17, 15) is 9.90 Å². The number of nitrogens with zero attached hydrogens (tertiary/aromatic N) is 2. The third-order valence-corrected chi connectivity index (χ3v) is 8.63. The number of likely N-dealkylation sites (tertiary alicyclic amines) is 1. The van der Waals surface area contributed by atoms with Crippen molar-refractivity contribution in [3.8, 4) is 0 Å². The number of ether oxygens (including phenoxy) is 2. The number of hydrogen-bond donors (Lipinski definition) is 1. The molecule has 1 aromatic rings. The van der Waals surface area contributed by atoms with Crippen molar-refractivity contribution < 1.29 is 19.4 Å². The Morgan fingerprint density at radius 2 is 2.07 bits per heavy atom. The maximum absolute atomic E-state index is 13.7. The molecule has 5 heterocycles. The Bertz CT molecular complexity index is 931. The van der Waals surface area contributed by atoms with Gasteiger partial charge in [-0.25, -0.2) is 0 Å². The molecule has 1 aliphatic carbocycles. The van der Waals surface area contributed by atoms with Crippen LogP contribution >= 0.6 is 0 Å². The lowest BCUT2D eigenvalue weighted by Gasteiger charge is -2.69. The summed E-state index contributed by atoms with van der Waals surface area (Å²) in [6, 6.07) is 8.35. The number of carbonyl (C=O) groups excluding carboxylic acids is 1. The van der Waals surface area contributed by atoms with Crippen LogP contribution < -0.4 is 4.90 Å². The molecule has 5 fully saturated rings. The van der Waals surface area contributed by atoms with Gasteiger partial charge in [-0.1, -0.05) is 24.3 Å². The molecule has 1 saturated carbocycles. The average molecular weight is 382 g/mol. The zero-order chi connectivity index (χ0) is 19.5. The van der Waals surface area contributed by atoms with Gasteiger partial charge in [0, 0.05) is 25.2 Å². The van der Waals surface area contributed by atoms with Crippen LogP contribution in [0.1, 0.15) is 25.3 Å². The van der Waals surface area contributed by atoms with Crippen LogP contribution in [0.5, 0.6) is 0 Å². The number of benzene rings is 1. The number of carbonyl (C=O) groups is 1. The molecule has 5 aliphatic heterocycles. The van der Waals surface area contributed by atoms with Gasteiger partial charge in [0.25, 0.3) is 0 Å². The minimum Gasteiger partial charge on any atom is -0.458 e. The Kier molecular flexibility index (Phi) is 3.03. The number of fused-ring (bicyclic) bond motifs is 2. The van der Waals surface area contributed by atoms with E-state index in [1.807, 2.05) is 19.1 Å². The fourth-order valence-electron chi connectivity index (χ4n) is 7.83.